The highest BCUT2D eigenvalue weighted by molar-refractivity contribution is 7.13. The summed E-state index contributed by atoms with van der Waals surface area (Å²) in [4.78, 5) is 20.9. The summed E-state index contributed by atoms with van der Waals surface area (Å²) in [6.45, 7) is 4.51. The molecule has 1 amide bonds. The number of anilines is 1. The van der Waals surface area contributed by atoms with Gasteiger partial charge in [0.1, 0.15) is 16.6 Å². The molecule has 0 aliphatic carbocycles. The number of rotatable bonds is 6. The number of carbonyl (C=O) groups excluding carboxylic acids is 1. The second-order valence-electron chi connectivity index (χ2n) is 5.52. The monoisotopic (exact) mass is 353 g/mol. The van der Waals surface area contributed by atoms with E-state index in [0.717, 1.165) is 27.6 Å². The van der Waals surface area contributed by atoms with Crippen molar-refractivity contribution in [2.24, 2.45) is 0 Å². The molecule has 1 N–H and O–H groups in total. The van der Waals surface area contributed by atoms with E-state index in [0.29, 0.717) is 12.4 Å². The largest absolute Gasteiger partial charge is 0.493 e. The lowest BCUT2D eigenvalue weighted by Crippen LogP contribution is -2.15. The molecule has 0 aliphatic heterocycles. The van der Waals surface area contributed by atoms with Crippen molar-refractivity contribution >= 4 is 23.1 Å². The van der Waals surface area contributed by atoms with Crippen molar-refractivity contribution in [2.75, 3.05) is 11.9 Å². The second-order valence-corrected chi connectivity index (χ2v) is 6.37. The topological polar surface area (TPSA) is 64.1 Å². The van der Waals surface area contributed by atoms with Crippen LogP contribution in [-0.4, -0.2) is 22.5 Å². The smallest absolute Gasteiger partial charge is 0.231 e. The van der Waals surface area contributed by atoms with Crippen LogP contribution in [0.2, 0.25) is 0 Å². The van der Waals surface area contributed by atoms with E-state index in [1.807, 2.05) is 55.6 Å². The van der Waals surface area contributed by atoms with Gasteiger partial charge in [-0.15, -0.1) is 11.3 Å². The molecule has 5 nitrogen and oxygen atoms in total. The molecule has 0 atom stereocenters. The van der Waals surface area contributed by atoms with Crippen LogP contribution in [0.1, 0.15) is 18.2 Å². The number of thiazole rings is 1. The number of pyridine rings is 1. The summed E-state index contributed by atoms with van der Waals surface area (Å²) in [6.07, 6.45) is 1.89. The second kappa shape index (κ2) is 7.90. The first-order valence-corrected chi connectivity index (χ1v) is 8.93. The van der Waals surface area contributed by atoms with E-state index in [9.17, 15) is 4.79 Å². The molecule has 0 saturated heterocycles. The molecule has 128 valence electrons. The lowest BCUT2D eigenvalue weighted by Gasteiger charge is -2.07. The fraction of sp³-hybridized carbons (Fsp3) is 0.211. The van der Waals surface area contributed by atoms with Crippen LogP contribution in [0.25, 0.3) is 10.6 Å². The number of amides is 1. The van der Waals surface area contributed by atoms with E-state index in [2.05, 4.69) is 15.3 Å². The third kappa shape index (κ3) is 4.42. The van der Waals surface area contributed by atoms with Crippen molar-refractivity contribution in [3.63, 3.8) is 0 Å². The van der Waals surface area contributed by atoms with Gasteiger partial charge < -0.3 is 10.1 Å². The lowest BCUT2D eigenvalue weighted by molar-refractivity contribution is -0.115. The van der Waals surface area contributed by atoms with Gasteiger partial charge in [-0.05, 0) is 43.7 Å². The van der Waals surface area contributed by atoms with Crippen molar-refractivity contribution in [1.29, 1.82) is 0 Å². The molecule has 0 spiro atoms. The van der Waals surface area contributed by atoms with Gasteiger partial charge in [0.25, 0.3) is 0 Å². The van der Waals surface area contributed by atoms with Gasteiger partial charge in [-0.3, -0.25) is 4.79 Å². The summed E-state index contributed by atoms with van der Waals surface area (Å²) in [5.41, 5.74) is 2.73. The van der Waals surface area contributed by atoms with E-state index in [1.54, 1.807) is 6.20 Å². The minimum Gasteiger partial charge on any atom is -0.493 e. The molecule has 3 rings (SSSR count). The zero-order chi connectivity index (χ0) is 17.6. The third-order valence-corrected chi connectivity index (χ3v) is 4.42. The maximum Gasteiger partial charge on any atom is 0.231 e. The maximum atomic E-state index is 12.2. The number of hydrogen-bond donors (Lipinski definition) is 1. The Hall–Kier alpha value is -2.73. The molecule has 2 aromatic heterocycles. The highest BCUT2D eigenvalue weighted by atomic mass is 32.1. The Morgan fingerprint density at radius 2 is 2.12 bits per heavy atom. The van der Waals surface area contributed by atoms with Gasteiger partial charge in [0.15, 0.2) is 0 Å². The molecular weight excluding hydrogens is 334 g/mol. The number of nitrogens with one attached hydrogen (secondary N) is 1. The summed E-state index contributed by atoms with van der Waals surface area (Å²) < 4.78 is 5.65. The predicted octanol–water partition coefficient (Wildman–Crippen LogP) is 4.09. The van der Waals surface area contributed by atoms with Gasteiger partial charge in [0, 0.05) is 11.6 Å². The molecule has 6 heteroatoms. The molecule has 0 saturated carbocycles. The van der Waals surface area contributed by atoms with Crippen LogP contribution in [0.4, 0.5) is 5.82 Å². The average Bonchev–Trinajstić information content (AvgIpc) is 3.04. The van der Waals surface area contributed by atoms with Crippen molar-refractivity contribution < 1.29 is 9.53 Å². The van der Waals surface area contributed by atoms with Gasteiger partial charge in [-0.25, -0.2) is 9.97 Å². The van der Waals surface area contributed by atoms with Crippen LogP contribution in [0.5, 0.6) is 5.75 Å². The first-order chi connectivity index (χ1) is 12.2. The van der Waals surface area contributed by atoms with Crippen molar-refractivity contribution in [3.8, 4) is 16.3 Å². The number of aromatic nitrogens is 2. The summed E-state index contributed by atoms with van der Waals surface area (Å²) >= 11 is 1.51. The molecule has 0 aliphatic rings. The lowest BCUT2D eigenvalue weighted by atomic mass is 10.2. The Bertz CT molecular complexity index is 876. The van der Waals surface area contributed by atoms with Gasteiger partial charge in [0.05, 0.1) is 24.3 Å². The number of para-hydroxylation sites is 1. The quantitative estimate of drug-likeness (QED) is 0.725. The number of carbonyl (C=O) groups is 1. The van der Waals surface area contributed by atoms with Crippen LogP contribution in [0, 0.1) is 6.92 Å². The van der Waals surface area contributed by atoms with Crippen LogP contribution in [0.3, 0.4) is 0 Å². The molecule has 1 aromatic carbocycles. The average molecular weight is 353 g/mol. The molecule has 0 radical (unpaired) electrons. The Morgan fingerprint density at radius 3 is 2.92 bits per heavy atom. The van der Waals surface area contributed by atoms with E-state index in [1.165, 1.54) is 11.3 Å². The maximum absolute atomic E-state index is 12.2. The number of aryl methyl sites for hydroxylation is 1. The van der Waals surface area contributed by atoms with Crippen LogP contribution in [0.15, 0.2) is 48.0 Å². The number of nitrogens with zero attached hydrogens (tertiary/aromatic N) is 2. The Kier molecular flexibility index (Phi) is 5.40. The molecule has 3 aromatic rings. The molecule has 0 fully saturated rings. The van der Waals surface area contributed by atoms with Crippen LogP contribution in [-0.2, 0) is 11.2 Å². The van der Waals surface area contributed by atoms with E-state index in [-0.39, 0.29) is 12.3 Å². The molecule has 2 heterocycles. The van der Waals surface area contributed by atoms with E-state index in [4.69, 9.17) is 4.74 Å². The number of hydrogen-bond acceptors (Lipinski definition) is 5. The summed E-state index contributed by atoms with van der Waals surface area (Å²) in [7, 11) is 0. The summed E-state index contributed by atoms with van der Waals surface area (Å²) in [6, 6.07) is 11.5. The van der Waals surface area contributed by atoms with Gasteiger partial charge in [-0.1, -0.05) is 12.1 Å². The van der Waals surface area contributed by atoms with E-state index < -0.39 is 0 Å². The normalized spacial score (nSPS) is 10.5. The first-order valence-electron chi connectivity index (χ1n) is 8.05. The van der Waals surface area contributed by atoms with Crippen LogP contribution < -0.4 is 10.1 Å². The predicted molar refractivity (Wildman–Crippen MR) is 100 cm³/mol. The molecule has 0 unspecified atom stereocenters. The standard InChI is InChI=1S/C19H19N3O2S/c1-3-24-16-7-5-4-6-15(16)19-21-14(12-25-19)11-18(23)22-17-10-13(2)8-9-20-17/h4-10,12H,3,11H2,1-2H3,(H,20,22,23). The Labute approximate surface area is 150 Å². The Morgan fingerprint density at radius 1 is 1.28 bits per heavy atom. The highest BCUT2D eigenvalue weighted by Crippen LogP contribution is 2.32. The third-order valence-electron chi connectivity index (χ3n) is 3.49. The van der Waals surface area contributed by atoms with Crippen molar-refractivity contribution in [2.45, 2.75) is 20.3 Å². The zero-order valence-electron chi connectivity index (χ0n) is 14.2. The summed E-state index contributed by atoms with van der Waals surface area (Å²) in [5.74, 6) is 1.23. The molecule has 0 bridgehead atoms. The number of benzene rings is 1. The zero-order valence-corrected chi connectivity index (χ0v) is 15.0. The fourth-order valence-corrected chi connectivity index (χ4v) is 3.24. The fourth-order valence-electron chi connectivity index (χ4n) is 2.39. The minimum atomic E-state index is -0.131. The van der Waals surface area contributed by atoms with Gasteiger partial charge >= 0.3 is 0 Å². The SMILES string of the molecule is CCOc1ccccc1-c1nc(CC(=O)Nc2cc(C)ccn2)cs1. The minimum absolute atomic E-state index is 0.131. The first kappa shape index (κ1) is 17.1. The van der Waals surface area contributed by atoms with Gasteiger partial charge in [0.2, 0.25) is 5.91 Å². The highest BCUT2D eigenvalue weighted by Gasteiger charge is 2.12. The Balaban J connectivity index is 1.70. The van der Waals surface area contributed by atoms with Gasteiger partial charge in [-0.2, -0.15) is 0 Å². The van der Waals surface area contributed by atoms with Crippen molar-refractivity contribution in [3.05, 3.63) is 59.2 Å². The van der Waals surface area contributed by atoms with Crippen molar-refractivity contribution in [1.82, 2.24) is 9.97 Å². The molecular formula is C19H19N3O2S. The van der Waals surface area contributed by atoms with E-state index >= 15 is 0 Å². The van der Waals surface area contributed by atoms with Crippen LogP contribution >= 0.6 is 11.3 Å². The number of ether oxygens (including phenoxy) is 1. The summed E-state index contributed by atoms with van der Waals surface area (Å²) in [5, 5.41) is 5.55. The molecule has 25 heavy (non-hydrogen) atoms.